The minimum Gasteiger partial charge on any atom is -0.472 e. The molecule has 4 nitrogen and oxygen atoms in total. The summed E-state index contributed by atoms with van der Waals surface area (Å²) < 4.78 is 5.14. The number of aryl methyl sites for hydroxylation is 1. The molecule has 1 saturated heterocycles. The summed E-state index contributed by atoms with van der Waals surface area (Å²) in [5, 5.41) is 0. The van der Waals surface area contributed by atoms with Crippen LogP contribution in [-0.2, 0) is 17.6 Å². The smallest absolute Gasteiger partial charge is 0.227 e. The third-order valence-electron chi connectivity index (χ3n) is 5.99. The Hall–Kier alpha value is -2.56. The van der Waals surface area contributed by atoms with Gasteiger partial charge in [-0.15, -0.1) is 12.4 Å². The fourth-order valence-electron chi connectivity index (χ4n) is 4.29. The predicted octanol–water partition coefficient (Wildman–Crippen LogP) is 5.37. The van der Waals surface area contributed by atoms with Crippen LogP contribution >= 0.6 is 12.4 Å². The zero-order chi connectivity index (χ0) is 20.6. The highest BCUT2D eigenvalue weighted by molar-refractivity contribution is 5.94. The topological polar surface area (TPSA) is 36.7 Å². The Morgan fingerprint density at radius 2 is 1.58 bits per heavy atom. The van der Waals surface area contributed by atoms with Gasteiger partial charge in [-0.1, -0.05) is 48.5 Å². The van der Waals surface area contributed by atoms with Crippen LogP contribution in [0.5, 0.6) is 0 Å². The van der Waals surface area contributed by atoms with E-state index in [1.807, 2.05) is 24.3 Å². The summed E-state index contributed by atoms with van der Waals surface area (Å²) in [6.45, 7) is 3.15. The predicted molar refractivity (Wildman–Crippen MR) is 128 cm³/mol. The highest BCUT2D eigenvalue weighted by Gasteiger charge is 2.28. The normalized spacial score (nSPS) is 14.7. The molecule has 2 aromatic carbocycles. The Labute approximate surface area is 191 Å². The number of carbonyl (C=O) groups excluding carboxylic acids is 1. The van der Waals surface area contributed by atoms with Crippen LogP contribution in [0.25, 0.3) is 0 Å². The van der Waals surface area contributed by atoms with Crippen LogP contribution in [0.15, 0.2) is 83.7 Å². The molecule has 0 atom stereocenters. The first-order chi connectivity index (χ1) is 14.8. The lowest BCUT2D eigenvalue weighted by atomic mass is 10.0. The van der Waals surface area contributed by atoms with E-state index in [9.17, 15) is 4.79 Å². The van der Waals surface area contributed by atoms with Gasteiger partial charge in [-0.2, -0.15) is 0 Å². The van der Waals surface area contributed by atoms with E-state index in [4.69, 9.17) is 4.42 Å². The molecule has 0 aliphatic carbocycles. The molecule has 2 heterocycles. The molecule has 0 unspecified atom stereocenters. The maximum absolute atomic E-state index is 13.2. The van der Waals surface area contributed by atoms with Crippen molar-refractivity contribution >= 4 is 24.0 Å². The summed E-state index contributed by atoms with van der Waals surface area (Å²) >= 11 is 0. The van der Waals surface area contributed by atoms with Crippen molar-refractivity contribution in [3.8, 4) is 0 Å². The second-order valence-corrected chi connectivity index (χ2v) is 8.04. The second kappa shape index (κ2) is 11.7. The molecule has 3 aromatic rings. The Morgan fingerprint density at radius 1 is 0.903 bits per heavy atom. The van der Waals surface area contributed by atoms with Crippen molar-refractivity contribution in [3.05, 3.63) is 90.4 Å². The Kier molecular flexibility index (Phi) is 8.74. The summed E-state index contributed by atoms with van der Waals surface area (Å²) in [6, 6.07) is 23.0. The lowest BCUT2D eigenvalue weighted by molar-refractivity contribution is -0.119. The van der Waals surface area contributed by atoms with E-state index >= 15 is 0 Å². The number of hydrogen-bond acceptors (Lipinski definition) is 3. The fourth-order valence-corrected chi connectivity index (χ4v) is 4.29. The van der Waals surface area contributed by atoms with Gasteiger partial charge in [0.25, 0.3) is 0 Å². The van der Waals surface area contributed by atoms with Gasteiger partial charge in [0, 0.05) is 37.8 Å². The molecule has 1 aliphatic rings. The van der Waals surface area contributed by atoms with Crippen molar-refractivity contribution in [1.29, 1.82) is 0 Å². The average Bonchev–Trinajstić information content (AvgIpc) is 3.33. The van der Waals surface area contributed by atoms with Crippen LogP contribution in [-0.4, -0.2) is 36.5 Å². The number of carbonyl (C=O) groups is 1. The van der Waals surface area contributed by atoms with E-state index in [-0.39, 0.29) is 24.4 Å². The molecule has 0 radical (unpaired) electrons. The first kappa shape index (κ1) is 23.1. The lowest BCUT2D eigenvalue weighted by Gasteiger charge is -2.38. The number of halogens is 1. The van der Waals surface area contributed by atoms with Crippen molar-refractivity contribution in [3.63, 3.8) is 0 Å². The first-order valence-electron chi connectivity index (χ1n) is 10.9. The van der Waals surface area contributed by atoms with Crippen molar-refractivity contribution in [2.75, 3.05) is 24.5 Å². The summed E-state index contributed by atoms with van der Waals surface area (Å²) in [5.41, 5.74) is 3.48. The highest BCUT2D eigenvalue weighted by atomic mass is 35.5. The quantitative estimate of drug-likeness (QED) is 0.474. The standard InChI is InChI=1S/C26H30N2O2.ClH/c29-26(12-11-23-16-20-30-21-23)28(24-9-5-2-6-10-24)25-14-18-27(19-15-25)17-13-22-7-3-1-4-8-22;/h1-10,16,20-21,25H,11-15,17-19H2;1H. The van der Waals surface area contributed by atoms with Crippen molar-refractivity contribution < 1.29 is 9.21 Å². The van der Waals surface area contributed by atoms with Gasteiger partial charge in [0.1, 0.15) is 0 Å². The molecule has 31 heavy (non-hydrogen) atoms. The van der Waals surface area contributed by atoms with Crippen molar-refractivity contribution in [1.82, 2.24) is 4.90 Å². The number of hydrogen-bond donors (Lipinski definition) is 0. The Balaban J connectivity index is 0.00000272. The number of benzene rings is 2. The number of rotatable bonds is 8. The van der Waals surface area contributed by atoms with Crippen molar-refractivity contribution in [2.45, 2.75) is 38.1 Å². The average molecular weight is 439 g/mol. The van der Waals surface area contributed by atoms with E-state index in [1.54, 1.807) is 12.5 Å². The molecule has 1 fully saturated rings. The minimum absolute atomic E-state index is 0. The molecular formula is C26H31ClN2O2. The molecule has 0 bridgehead atoms. The Bertz CT molecular complexity index is 892. The number of likely N-dealkylation sites (tertiary alicyclic amines) is 1. The zero-order valence-corrected chi connectivity index (χ0v) is 18.7. The summed E-state index contributed by atoms with van der Waals surface area (Å²) in [7, 11) is 0. The van der Waals surface area contributed by atoms with Gasteiger partial charge in [-0.05, 0) is 55.0 Å². The molecule has 4 rings (SSSR count). The molecular weight excluding hydrogens is 408 g/mol. The number of furan rings is 1. The summed E-state index contributed by atoms with van der Waals surface area (Å²) in [6.07, 6.45) is 7.72. The van der Waals surface area contributed by atoms with E-state index in [0.717, 1.165) is 50.1 Å². The summed E-state index contributed by atoms with van der Waals surface area (Å²) in [5.74, 6) is 0.199. The van der Waals surface area contributed by atoms with E-state index in [2.05, 4.69) is 52.3 Å². The van der Waals surface area contributed by atoms with E-state index in [1.165, 1.54) is 5.56 Å². The van der Waals surface area contributed by atoms with Crippen LogP contribution < -0.4 is 4.90 Å². The van der Waals surface area contributed by atoms with Gasteiger partial charge < -0.3 is 14.2 Å². The summed E-state index contributed by atoms with van der Waals surface area (Å²) in [4.78, 5) is 17.8. The maximum atomic E-state index is 13.2. The number of piperidine rings is 1. The zero-order valence-electron chi connectivity index (χ0n) is 17.9. The largest absolute Gasteiger partial charge is 0.472 e. The monoisotopic (exact) mass is 438 g/mol. The number of anilines is 1. The van der Waals surface area contributed by atoms with Gasteiger partial charge in [-0.3, -0.25) is 4.79 Å². The maximum Gasteiger partial charge on any atom is 0.227 e. The highest BCUT2D eigenvalue weighted by Crippen LogP contribution is 2.25. The molecule has 5 heteroatoms. The number of para-hydroxylation sites is 1. The minimum atomic E-state index is 0. The molecule has 1 aliphatic heterocycles. The molecule has 1 aromatic heterocycles. The Morgan fingerprint density at radius 3 is 2.23 bits per heavy atom. The van der Waals surface area contributed by atoms with E-state index in [0.29, 0.717) is 12.8 Å². The third-order valence-corrected chi connectivity index (χ3v) is 5.99. The van der Waals surface area contributed by atoms with Crippen molar-refractivity contribution in [2.24, 2.45) is 0 Å². The van der Waals surface area contributed by atoms with Crippen LogP contribution in [0.3, 0.4) is 0 Å². The molecule has 0 spiro atoms. The second-order valence-electron chi connectivity index (χ2n) is 8.04. The third kappa shape index (κ3) is 6.46. The molecule has 0 saturated carbocycles. The van der Waals surface area contributed by atoms with Gasteiger partial charge in [-0.25, -0.2) is 0 Å². The van der Waals surface area contributed by atoms with Gasteiger partial charge >= 0.3 is 0 Å². The van der Waals surface area contributed by atoms with Crippen LogP contribution in [0, 0.1) is 0 Å². The lowest BCUT2D eigenvalue weighted by Crippen LogP contribution is -2.48. The number of amides is 1. The van der Waals surface area contributed by atoms with Gasteiger partial charge in [0.05, 0.1) is 12.5 Å². The fraction of sp³-hybridized carbons (Fsp3) is 0.346. The number of nitrogens with zero attached hydrogens (tertiary/aromatic N) is 2. The van der Waals surface area contributed by atoms with E-state index < -0.39 is 0 Å². The first-order valence-corrected chi connectivity index (χ1v) is 10.9. The van der Waals surface area contributed by atoms with Crippen LogP contribution in [0.2, 0.25) is 0 Å². The molecule has 0 N–H and O–H groups in total. The van der Waals surface area contributed by atoms with Crippen LogP contribution in [0.4, 0.5) is 5.69 Å². The SMILES string of the molecule is Cl.O=C(CCc1ccoc1)N(c1ccccc1)C1CCN(CCc2ccccc2)CC1. The van der Waals surface area contributed by atoms with Gasteiger partial charge in [0.15, 0.2) is 0 Å². The van der Waals surface area contributed by atoms with Gasteiger partial charge in [0.2, 0.25) is 5.91 Å². The molecule has 1 amide bonds. The van der Waals surface area contributed by atoms with Crippen LogP contribution in [0.1, 0.15) is 30.4 Å². The molecule has 164 valence electrons.